The summed E-state index contributed by atoms with van der Waals surface area (Å²) in [6.45, 7) is 0. The average molecular weight is 236 g/mol. The zero-order valence-electron chi connectivity index (χ0n) is 10.2. The molecule has 0 aliphatic heterocycles. The van der Waals surface area contributed by atoms with Gasteiger partial charge in [-0.3, -0.25) is 11.3 Å². The minimum Gasteiger partial charge on any atom is -0.271 e. The second-order valence-corrected chi connectivity index (χ2v) is 4.98. The van der Waals surface area contributed by atoms with Crippen LogP contribution < -0.4 is 11.3 Å². The molecule has 0 radical (unpaired) electrons. The zero-order chi connectivity index (χ0) is 12.1. The Morgan fingerprint density at radius 3 is 2.59 bits per heavy atom. The van der Waals surface area contributed by atoms with E-state index in [9.17, 15) is 4.39 Å². The van der Waals surface area contributed by atoms with E-state index in [0.717, 1.165) is 6.42 Å². The fourth-order valence-corrected chi connectivity index (χ4v) is 2.80. The van der Waals surface area contributed by atoms with Crippen molar-refractivity contribution in [2.45, 2.75) is 44.6 Å². The molecule has 1 aromatic carbocycles. The first-order valence-electron chi connectivity index (χ1n) is 6.52. The first-order valence-corrected chi connectivity index (χ1v) is 6.52. The highest BCUT2D eigenvalue weighted by atomic mass is 19.1. The molecule has 1 aromatic rings. The summed E-state index contributed by atoms with van der Waals surface area (Å²) in [5, 5.41) is 0. The molecule has 0 saturated heterocycles. The largest absolute Gasteiger partial charge is 0.271 e. The molecule has 2 nitrogen and oxygen atoms in total. The maximum absolute atomic E-state index is 13.7. The van der Waals surface area contributed by atoms with E-state index < -0.39 is 0 Å². The molecule has 1 fully saturated rings. The van der Waals surface area contributed by atoms with Gasteiger partial charge >= 0.3 is 0 Å². The van der Waals surface area contributed by atoms with Crippen molar-refractivity contribution in [1.82, 2.24) is 5.43 Å². The van der Waals surface area contributed by atoms with Crippen LogP contribution in [0.15, 0.2) is 24.3 Å². The van der Waals surface area contributed by atoms with Crippen LogP contribution in [0.3, 0.4) is 0 Å². The predicted octanol–water partition coefficient (Wildman–Crippen LogP) is 3.30. The Bertz CT molecular complexity index is 348. The smallest absolute Gasteiger partial charge is 0.128 e. The fourth-order valence-electron chi connectivity index (χ4n) is 2.80. The molecule has 0 aromatic heterocycles. The summed E-state index contributed by atoms with van der Waals surface area (Å²) in [5.41, 5.74) is 3.46. The minimum atomic E-state index is -0.161. The lowest BCUT2D eigenvalue weighted by molar-refractivity contribution is 0.298. The summed E-state index contributed by atoms with van der Waals surface area (Å²) in [4.78, 5) is 0. The highest BCUT2D eigenvalue weighted by molar-refractivity contribution is 5.21. The van der Waals surface area contributed by atoms with Gasteiger partial charge in [0.15, 0.2) is 0 Å². The molecule has 0 spiro atoms. The van der Waals surface area contributed by atoms with E-state index in [1.807, 2.05) is 12.1 Å². The van der Waals surface area contributed by atoms with Gasteiger partial charge in [-0.05, 0) is 18.4 Å². The average Bonchev–Trinajstić information content (AvgIpc) is 2.38. The molecular formula is C14H21FN2. The van der Waals surface area contributed by atoms with Crippen LogP contribution in [0.4, 0.5) is 4.39 Å². The van der Waals surface area contributed by atoms with Gasteiger partial charge in [-0.1, -0.05) is 50.3 Å². The molecule has 3 N–H and O–H groups in total. The molecule has 0 heterocycles. The molecule has 2 rings (SSSR count). The molecule has 1 atom stereocenters. The summed E-state index contributed by atoms with van der Waals surface area (Å²) in [6, 6.07) is 6.85. The van der Waals surface area contributed by atoms with E-state index in [0.29, 0.717) is 11.5 Å². The molecular weight excluding hydrogens is 215 g/mol. The lowest BCUT2D eigenvalue weighted by Crippen LogP contribution is -2.30. The van der Waals surface area contributed by atoms with Crippen molar-refractivity contribution in [3.8, 4) is 0 Å². The first kappa shape index (κ1) is 12.5. The van der Waals surface area contributed by atoms with Crippen LogP contribution in [0.5, 0.6) is 0 Å². The van der Waals surface area contributed by atoms with Crippen LogP contribution in [-0.2, 0) is 0 Å². The summed E-state index contributed by atoms with van der Waals surface area (Å²) in [5.74, 6) is 6.10. The van der Waals surface area contributed by atoms with Crippen molar-refractivity contribution in [1.29, 1.82) is 0 Å². The first-order chi connectivity index (χ1) is 8.31. The highest BCUT2D eigenvalue weighted by Gasteiger charge is 2.21. The Morgan fingerprint density at radius 1 is 1.24 bits per heavy atom. The number of benzene rings is 1. The number of hydrogen-bond acceptors (Lipinski definition) is 2. The van der Waals surface area contributed by atoms with Crippen LogP contribution >= 0.6 is 0 Å². The maximum Gasteiger partial charge on any atom is 0.128 e. The number of rotatable bonds is 4. The van der Waals surface area contributed by atoms with Gasteiger partial charge in [0.2, 0.25) is 0 Å². The van der Waals surface area contributed by atoms with Gasteiger partial charge < -0.3 is 0 Å². The van der Waals surface area contributed by atoms with E-state index in [1.54, 1.807) is 6.07 Å². The highest BCUT2D eigenvalue weighted by Crippen LogP contribution is 2.32. The molecule has 1 saturated carbocycles. The lowest BCUT2D eigenvalue weighted by atomic mass is 9.83. The Kier molecular flexibility index (Phi) is 4.51. The quantitative estimate of drug-likeness (QED) is 0.622. The number of halogens is 1. The molecule has 1 aliphatic rings. The van der Waals surface area contributed by atoms with Crippen molar-refractivity contribution in [2.75, 3.05) is 0 Å². The molecule has 94 valence electrons. The van der Waals surface area contributed by atoms with Crippen LogP contribution in [0.2, 0.25) is 0 Å². The normalized spacial score (nSPS) is 19.2. The number of nitrogens with two attached hydrogens (primary N) is 1. The SMILES string of the molecule is NNC(CC1CCCCC1)c1ccccc1F. The van der Waals surface area contributed by atoms with Gasteiger partial charge in [0.25, 0.3) is 0 Å². The minimum absolute atomic E-state index is 0.0562. The van der Waals surface area contributed by atoms with Gasteiger partial charge in [-0.25, -0.2) is 4.39 Å². The predicted molar refractivity (Wildman–Crippen MR) is 67.7 cm³/mol. The van der Waals surface area contributed by atoms with Gasteiger partial charge in [-0.2, -0.15) is 0 Å². The molecule has 3 heteroatoms. The van der Waals surface area contributed by atoms with Gasteiger partial charge in [-0.15, -0.1) is 0 Å². The van der Waals surface area contributed by atoms with E-state index in [4.69, 9.17) is 5.84 Å². The molecule has 0 bridgehead atoms. The lowest BCUT2D eigenvalue weighted by Gasteiger charge is -2.26. The van der Waals surface area contributed by atoms with E-state index in [2.05, 4.69) is 5.43 Å². The number of nitrogens with one attached hydrogen (secondary N) is 1. The van der Waals surface area contributed by atoms with Gasteiger partial charge in [0.05, 0.1) is 0 Å². The van der Waals surface area contributed by atoms with E-state index in [-0.39, 0.29) is 11.9 Å². The summed E-state index contributed by atoms with van der Waals surface area (Å²) in [7, 11) is 0. The number of hydrogen-bond donors (Lipinski definition) is 2. The Hall–Kier alpha value is -0.930. The van der Waals surface area contributed by atoms with Crippen molar-refractivity contribution < 1.29 is 4.39 Å². The Labute approximate surface area is 102 Å². The third-order valence-corrected chi connectivity index (χ3v) is 3.78. The van der Waals surface area contributed by atoms with Crippen LogP contribution in [0.25, 0.3) is 0 Å². The Morgan fingerprint density at radius 2 is 1.94 bits per heavy atom. The summed E-state index contributed by atoms with van der Waals surface area (Å²) < 4.78 is 13.7. The van der Waals surface area contributed by atoms with Crippen LogP contribution in [0, 0.1) is 11.7 Å². The monoisotopic (exact) mass is 236 g/mol. The van der Waals surface area contributed by atoms with Crippen molar-refractivity contribution in [2.24, 2.45) is 11.8 Å². The molecule has 1 unspecified atom stereocenters. The number of hydrazine groups is 1. The van der Waals surface area contributed by atoms with Crippen LogP contribution in [-0.4, -0.2) is 0 Å². The third-order valence-electron chi connectivity index (χ3n) is 3.78. The van der Waals surface area contributed by atoms with Crippen molar-refractivity contribution in [3.05, 3.63) is 35.6 Å². The molecule has 0 amide bonds. The van der Waals surface area contributed by atoms with Crippen molar-refractivity contribution >= 4 is 0 Å². The van der Waals surface area contributed by atoms with E-state index >= 15 is 0 Å². The van der Waals surface area contributed by atoms with Gasteiger partial charge in [0.1, 0.15) is 5.82 Å². The third kappa shape index (κ3) is 3.27. The van der Waals surface area contributed by atoms with Crippen LogP contribution in [0.1, 0.15) is 50.1 Å². The molecule has 17 heavy (non-hydrogen) atoms. The summed E-state index contributed by atoms with van der Waals surface area (Å²) in [6.07, 6.45) is 7.41. The fraction of sp³-hybridized carbons (Fsp3) is 0.571. The maximum atomic E-state index is 13.7. The standard InChI is InChI=1S/C14H21FN2/c15-13-9-5-4-8-12(13)14(17-16)10-11-6-2-1-3-7-11/h4-5,8-9,11,14,17H,1-3,6-7,10,16H2. The molecule has 1 aliphatic carbocycles. The zero-order valence-corrected chi connectivity index (χ0v) is 10.2. The van der Waals surface area contributed by atoms with E-state index in [1.165, 1.54) is 38.2 Å². The van der Waals surface area contributed by atoms with Gasteiger partial charge in [0, 0.05) is 11.6 Å². The Balaban J connectivity index is 2.03. The summed E-state index contributed by atoms with van der Waals surface area (Å²) >= 11 is 0. The van der Waals surface area contributed by atoms with Crippen molar-refractivity contribution in [3.63, 3.8) is 0 Å². The topological polar surface area (TPSA) is 38.0 Å². The second kappa shape index (κ2) is 6.12. The second-order valence-electron chi connectivity index (χ2n) is 4.98.